The van der Waals surface area contributed by atoms with E-state index in [-0.39, 0.29) is 11.9 Å². The highest BCUT2D eigenvalue weighted by Gasteiger charge is 2.14. The van der Waals surface area contributed by atoms with Crippen LogP contribution in [0.15, 0.2) is 154 Å². The van der Waals surface area contributed by atoms with E-state index in [9.17, 15) is 28.8 Å². The molecule has 3 aromatic rings. The van der Waals surface area contributed by atoms with Crippen LogP contribution < -0.4 is 18.9 Å². The smallest absolute Gasteiger partial charge is 0.343 e. The van der Waals surface area contributed by atoms with Crippen molar-refractivity contribution >= 4 is 35.8 Å². The molecule has 81 heavy (non-hydrogen) atoms. The quantitative estimate of drug-likeness (QED) is 0.00759. The molecule has 3 rings (SSSR count). The Kier molecular flexibility index (Phi) is 42.1. The van der Waals surface area contributed by atoms with Crippen LogP contribution in [-0.2, 0) is 47.6 Å². The molecule has 0 aliphatic carbocycles. The maximum atomic E-state index is 12.8. The van der Waals surface area contributed by atoms with Crippen molar-refractivity contribution in [2.24, 2.45) is 0 Å². The monoisotopic (exact) mass is 1120 g/mol. The van der Waals surface area contributed by atoms with Crippen molar-refractivity contribution in [1.82, 2.24) is 0 Å². The van der Waals surface area contributed by atoms with Crippen molar-refractivity contribution in [3.05, 3.63) is 171 Å². The molecule has 0 aliphatic heterocycles. The third-order valence-corrected chi connectivity index (χ3v) is 11.1. The number of unbranched alkanes of at least 4 members (excludes halogenated alkanes) is 12. The molecular weight excluding hydrogens is 1040 g/mol. The molecule has 0 unspecified atom stereocenters. The van der Waals surface area contributed by atoms with Gasteiger partial charge in [-0.1, -0.05) is 51.5 Å². The first-order chi connectivity index (χ1) is 39.3. The normalized spacial score (nSPS) is 10.3. The molecule has 16 heteroatoms. The van der Waals surface area contributed by atoms with Crippen molar-refractivity contribution < 1.29 is 76.1 Å². The van der Waals surface area contributed by atoms with Gasteiger partial charge in [-0.05, 0) is 189 Å². The average Bonchev–Trinajstić information content (AvgIpc) is 3.47. The van der Waals surface area contributed by atoms with Gasteiger partial charge in [0.15, 0.2) is 0 Å². The number of hydrogen-bond donors (Lipinski definition) is 0. The van der Waals surface area contributed by atoms with Crippen molar-refractivity contribution in [1.29, 1.82) is 0 Å². The van der Waals surface area contributed by atoms with Crippen molar-refractivity contribution in [2.75, 3.05) is 59.5 Å². The number of esters is 6. The molecule has 0 bridgehead atoms. The molecule has 16 nitrogen and oxygen atoms in total. The first kappa shape index (κ1) is 71.0. The minimum Gasteiger partial charge on any atom is -0.498 e. The van der Waals surface area contributed by atoms with Crippen LogP contribution in [0.25, 0.3) is 0 Å². The molecule has 0 saturated carbocycles. The second-order valence-corrected chi connectivity index (χ2v) is 17.8. The van der Waals surface area contributed by atoms with Gasteiger partial charge in [0.1, 0.15) is 23.0 Å². The number of carbonyl (C=O) groups is 6. The molecular formula is C65H86O16. The summed E-state index contributed by atoms with van der Waals surface area (Å²) in [5.74, 6) is 0.300. The highest BCUT2D eigenvalue weighted by molar-refractivity contribution is 5.92. The molecule has 0 aliphatic rings. The van der Waals surface area contributed by atoms with Gasteiger partial charge in [0, 0.05) is 30.9 Å². The highest BCUT2D eigenvalue weighted by atomic mass is 16.6. The second-order valence-electron chi connectivity index (χ2n) is 17.8. The van der Waals surface area contributed by atoms with Crippen LogP contribution in [0.5, 0.6) is 23.0 Å². The molecule has 0 fully saturated rings. The van der Waals surface area contributed by atoms with Gasteiger partial charge < -0.3 is 47.4 Å². The van der Waals surface area contributed by atoms with Gasteiger partial charge in [0.05, 0.1) is 69.7 Å². The lowest BCUT2D eigenvalue weighted by Gasteiger charge is -2.11. The first-order valence-corrected chi connectivity index (χ1v) is 27.6. The molecule has 0 spiro atoms. The predicted molar refractivity (Wildman–Crippen MR) is 314 cm³/mol. The SMILES string of the molecule is C=C/C=C(\C)OCCCCCCOC(=O)C=C.C=CC(=O)OCCCCCCOc1ccc(C(=O)Oc2ccc(OC(=O)c3ccc(OCCCCCCOC(=O)C=C)cc3)c(C)c2)cc1.C=CCOCCCCCCOC(=O)C=C. The Morgan fingerprint density at radius 1 is 0.407 bits per heavy atom. The van der Waals surface area contributed by atoms with Gasteiger partial charge in [-0.2, -0.15) is 0 Å². The van der Waals surface area contributed by atoms with E-state index in [2.05, 4.69) is 39.5 Å². The summed E-state index contributed by atoms with van der Waals surface area (Å²) < 4.78 is 52.9. The number of ether oxygens (including phenoxy) is 10. The minimum absolute atomic E-state index is 0.319. The molecule has 0 saturated heterocycles. The van der Waals surface area contributed by atoms with E-state index in [1.165, 1.54) is 12.2 Å². The van der Waals surface area contributed by atoms with Crippen LogP contribution in [0.3, 0.4) is 0 Å². The Labute approximate surface area is 480 Å². The summed E-state index contributed by atoms with van der Waals surface area (Å²) in [4.78, 5) is 68.8. The lowest BCUT2D eigenvalue weighted by molar-refractivity contribution is -0.138. The largest absolute Gasteiger partial charge is 0.498 e. The Hall–Kier alpha value is -7.98. The number of benzene rings is 3. The molecule has 0 amide bonds. The minimum atomic E-state index is -0.526. The zero-order valence-electron chi connectivity index (χ0n) is 47.8. The fraction of sp³-hybridized carbons (Fsp3) is 0.415. The molecule has 3 aromatic carbocycles. The number of allylic oxidation sites excluding steroid dienone is 3. The number of carbonyl (C=O) groups excluding carboxylic acids is 6. The van der Waals surface area contributed by atoms with Crippen molar-refractivity contribution in [3.8, 4) is 23.0 Å². The van der Waals surface area contributed by atoms with Crippen molar-refractivity contribution in [3.63, 3.8) is 0 Å². The maximum Gasteiger partial charge on any atom is 0.343 e. The average molecular weight is 1120 g/mol. The van der Waals surface area contributed by atoms with Gasteiger partial charge >= 0.3 is 35.8 Å². The van der Waals surface area contributed by atoms with Crippen LogP contribution in [0.2, 0.25) is 0 Å². The zero-order valence-corrected chi connectivity index (χ0v) is 47.8. The van der Waals surface area contributed by atoms with Gasteiger partial charge in [-0.15, -0.1) is 6.58 Å². The zero-order chi connectivity index (χ0) is 59.6. The number of rotatable bonds is 42. The summed E-state index contributed by atoms with van der Waals surface area (Å²) in [6, 6.07) is 18.2. The topological polar surface area (TPSA) is 195 Å². The summed E-state index contributed by atoms with van der Waals surface area (Å²) in [5.41, 5.74) is 1.36. The third-order valence-electron chi connectivity index (χ3n) is 11.1. The highest BCUT2D eigenvalue weighted by Crippen LogP contribution is 2.26. The van der Waals surface area contributed by atoms with Crippen LogP contribution >= 0.6 is 0 Å². The Balaban J connectivity index is 0.000000833. The van der Waals surface area contributed by atoms with E-state index in [4.69, 9.17) is 47.4 Å². The van der Waals surface area contributed by atoms with Gasteiger partial charge in [-0.25, -0.2) is 28.8 Å². The summed E-state index contributed by atoms with van der Waals surface area (Å²) in [6.07, 6.45) is 25.1. The summed E-state index contributed by atoms with van der Waals surface area (Å²) in [7, 11) is 0. The second kappa shape index (κ2) is 48.0. The lowest BCUT2D eigenvalue weighted by atomic mass is 10.2. The van der Waals surface area contributed by atoms with Gasteiger partial charge in [0.25, 0.3) is 0 Å². The lowest BCUT2D eigenvalue weighted by Crippen LogP contribution is -2.10. The molecule has 0 radical (unpaired) electrons. The third kappa shape index (κ3) is 38.3. The van der Waals surface area contributed by atoms with E-state index < -0.39 is 23.9 Å². The van der Waals surface area contributed by atoms with Crippen LogP contribution in [0.4, 0.5) is 0 Å². The standard InChI is InChI=1S/C39H44O10.C14H22O3.C12H20O3/c1-4-36(40)46-26-12-8-6-10-24-44-32-18-14-30(15-19-32)38(42)48-34-22-23-35(29(3)28-34)49-39(43)31-16-20-33(21-17-31)45-25-11-7-9-13-27-47-37(41)5-2;1-4-10-13(3)16-11-8-6-7-9-12-17-14(15)5-2;1-3-9-14-10-7-5-6-8-11-15-12(13)4-2/h4-5,14-23,28H,1-2,6-13,24-27H2,3H3;4-5,10H,1-2,6-9,11-12H2,3H3;3-4H,1-2,5-11H2/b;13-10+;. The fourth-order valence-electron chi connectivity index (χ4n) is 6.75. The Morgan fingerprint density at radius 3 is 1.11 bits per heavy atom. The van der Waals surface area contributed by atoms with E-state index >= 15 is 0 Å². The molecule has 0 atom stereocenters. The summed E-state index contributed by atoms with van der Waals surface area (Å²) in [6.45, 7) is 29.1. The van der Waals surface area contributed by atoms with E-state index in [0.717, 1.165) is 134 Å². The molecule has 0 aromatic heterocycles. The predicted octanol–water partition coefficient (Wildman–Crippen LogP) is 13.6. The summed E-state index contributed by atoms with van der Waals surface area (Å²) in [5, 5.41) is 0. The summed E-state index contributed by atoms with van der Waals surface area (Å²) >= 11 is 0. The van der Waals surface area contributed by atoms with E-state index in [1.54, 1.807) is 85.8 Å². The first-order valence-electron chi connectivity index (χ1n) is 27.6. The maximum absolute atomic E-state index is 12.8. The van der Waals surface area contributed by atoms with Crippen molar-refractivity contribution in [2.45, 2.75) is 117 Å². The molecule has 0 N–H and O–H groups in total. The van der Waals surface area contributed by atoms with Crippen LogP contribution in [0, 0.1) is 6.92 Å². The number of aryl methyl sites for hydroxylation is 1. The Morgan fingerprint density at radius 2 is 0.753 bits per heavy atom. The molecule has 442 valence electrons. The fourth-order valence-corrected chi connectivity index (χ4v) is 6.75. The van der Waals surface area contributed by atoms with E-state index in [1.807, 2.05) is 13.0 Å². The van der Waals surface area contributed by atoms with E-state index in [0.29, 0.717) is 85.9 Å². The number of hydrogen-bond acceptors (Lipinski definition) is 16. The Bertz CT molecular complexity index is 2370. The van der Waals surface area contributed by atoms with Gasteiger partial charge in [-0.3, -0.25) is 0 Å². The molecule has 0 heterocycles. The van der Waals surface area contributed by atoms with Crippen LogP contribution in [0.1, 0.15) is 136 Å². The van der Waals surface area contributed by atoms with Gasteiger partial charge in [0.2, 0.25) is 0 Å². The van der Waals surface area contributed by atoms with Crippen LogP contribution in [-0.4, -0.2) is 95.3 Å².